The maximum Gasteiger partial charge on any atom is 0.490 e. The molecule has 32 heavy (non-hydrogen) atoms. The van der Waals surface area contributed by atoms with Crippen LogP contribution in [-0.4, -0.2) is 79.0 Å². The number of nitrogens with zero attached hydrogens (tertiary/aromatic N) is 2. The fraction of sp³-hybridized carbons (Fsp3) is 0.421. The van der Waals surface area contributed by atoms with Crippen molar-refractivity contribution in [2.75, 3.05) is 32.1 Å². The van der Waals surface area contributed by atoms with E-state index in [1.54, 1.807) is 18.2 Å². The van der Waals surface area contributed by atoms with Gasteiger partial charge in [-0.3, -0.25) is 29.4 Å². The van der Waals surface area contributed by atoms with E-state index in [-0.39, 0.29) is 18.7 Å². The Balaban J connectivity index is 0.000000451. The van der Waals surface area contributed by atoms with Gasteiger partial charge >= 0.3 is 12.1 Å². The molecular formula is C19H21F3N4O6. The van der Waals surface area contributed by atoms with Crippen LogP contribution in [0.5, 0.6) is 0 Å². The summed E-state index contributed by atoms with van der Waals surface area (Å²) in [5.74, 6) is -4.71. The molecule has 0 spiro atoms. The number of likely N-dealkylation sites (N-methyl/N-ethyl adjacent to an activating group) is 2. The van der Waals surface area contributed by atoms with Crippen LogP contribution in [0.25, 0.3) is 0 Å². The molecule has 1 fully saturated rings. The van der Waals surface area contributed by atoms with Gasteiger partial charge in [-0.05, 0) is 25.6 Å². The van der Waals surface area contributed by atoms with E-state index in [9.17, 15) is 32.3 Å². The molecule has 1 unspecified atom stereocenters. The summed E-state index contributed by atoms with van der Waals surface area (Å²) in [6.45, 7) is 1.38. The first kappa shape index (κ1) is 24.8. The van der Waals surface area contributed by atoms with E-state index >= 15 is 0 Å². The molecule has 13 heteroatoms. The second-order valence-electron chi connectivity index (χ2n) is 6.97. The Morgan fingerprint density at radius 1 is 1.25 bits per heavy atom. The van der Waals surface area contributed by atoms with Crippen LogP contribution in [0.3, 0.4) is 0 Å². The molecule has 1 saturated heterocycles. The molecule has 10 nitrogen and oxygen atoms in total. The number of hydrogen-bond donors (Lipinski definition) is 3. The molecule has 174 valence electrons. The zero-order chi connectivity index (χ0) is 24.2. The van der Waals surface area contributed by atoms with Crippen molar-refractivity contribution in [2.45, 2.75) is 25.1 Å². The van der Waals surface area contributed by atoms with Gasteiger partial charge in [-0.1, -0.05) is 6.07 Å². The highest BCUT2D eigenvalue weighted by atomic mass is 19.4. The molecular weight excluding hydrogens is 437 g/mol. The largest absolute Gasteiger partial charge is 0.490 e. The molecule has 4 amide bonds. The predicted octanol–water partition coefficient (Wildman–Crippen LogP) is 0.377. The number of anilines is 1. The van der Waals surface area contributed by atoms with Crippen LogP contribution >= 0.6 is 0 Å². The summed E-state index contributed by atoms with van der Waals surface area (Å²) in [6, 6.07) is 4.16. The van der Waals surface area contributed by atoms with E-state index in [1.165, 1.54) is 0 Å². The Bertz CT molecular complexity index is 949. The van der Waals surface area contributed by atoms with Crippen molar-refractivity contribution in [1.29, 1.82) is 0 Å². The van der Waals surface area contributed by atoms with E-state index in [1.807, 2.05) is 19.0 Å². The Morgan fingerprint density at radius 2 is 1.88 bits per heavy atom. The smallest absolute Gasteiger partial charge is 0.475 e. The maximum atomic E-state index is 12.9. The Labute approximate surface area is 180 Å². The SMILES string of the molecule is CNCCN(C)c1cccc2c1C(=O)N(C1CCC(=O)NC1=O)C2=O.O=C(O)C(F)(F)F. The molecule has 0 bridgehead atoms. The zero-order valence-electron chi connectivity index (χ0n) is 17.2. The van der Waals surface area contributed by atoms with Gasteiger partial charge in [0.15, 0.2) is 0 Å². The number of aliphatic carboxylic acids is 1. The number of piperidine rings is 1. The molecule has 0 aliphatic carbocycles. The molecule has 1 atom stereocenters. The summed E-state index contributed by atoms with van der Waals surface area (Å²) < 4.78 is 31.7. The number of hydrogen-bond acceptors (Lipinski definition) is 7. The normalized spacial score (nSPS) is 18.0. The minimum Gasteiger partial charge on any atom is -0.475 e. The van der Waals surface area contributed by atoms with E-state index in [4.69, 9.17) is 9.90 Å². The molecule has 3 rings (SSSR count). The lowest BCUT2D eigenvalue weighted by atomic mass is 10.0. The number of carbonyl (C=O) groups is 5. The fourth-order valence-electron chi connectivity index (χ4n) is 3.22. The van der Waals surface area contributed by atoms with Crippen molar-refractivity contribution in [1.82, 2.24) is 15.5 Å². The van der Waals surface area contributed by atoms with E-state index in [0.717, 1.165) is 11.4 Å². The van der Waals surface area contributed by atoms with Gasteiger partial charge in [0.2, 0.25) is 11.8 Å². The van der Waals surface area contributed by atoms with Gasteiger partial charge in [0.1, 0.15) is 6.04 Å². The lowest BCUT2D eigenvalue weighted by Gasteiger charge is -2.28. The van der Waals surface area contributed by atoms with E-state index in [0.29, 0.717) is 23.4 Å². The summed E-state index contributed by atoms with van der Waals surface area (Å²) in [5.41, 5.74) is 1.26. The second kappa shape index (κ2) is 9.77. The summed E-state index contributed by atoms with van der Waals surface area (Å²) in [6.07, 6.45) is -4.82. The highest BCUT2D eigenvalue weighted by Gasteiger charge is 2.45. The quantitative estimate of drug-likeness (QED) is 0.539. The molecule has 1 aromatic carbocycles. The number of nitrogens with one attached hydrogen (secondary N) is 2. The van der Waals surface area contributed by atoms with Crippen LogP contribution in [0.2, 0.25) is 0 Å². The van der Waals surface area contributed by atoms with Gasteiger partial charge in [0, 0.05) is 26.6 Å². The van der Waals surface area contributed by atoms with Crippen molar-refractivity contribution in [2.24, 2.45) is 0 Å². The third kappa shape index (κ3) is 5.22. The Hall–Kier alpha value is -3.48. The number of imide groups is 2. The number of alkyl halides is 3. The van der Waals surface area contributed by atoms with Crippen molar-refractivity contribution >= 4 is 35.3 Å². The minimum absolute atomic E-state index is 0.110. The molecule has 0 radical (unpaired) electrons. The van der Waals surface area contributed by atoms with Crippen molar-refractivity contribution in [3.63, 3.8) is 0 Å². The second-order valence-corrected chi connectivity index (χ2v) is 6.97. The number of halogens is 3. The average Bonchev–Trinajstić information content (AvgIpc) is 2.97. The first-order valence-corrected chi connectivity index (χ1v) is 9.40. The summed E-state index contributed by atoms with van der Waals surface area (Å²) in [5, 5.41) is 12.4. The van der Waals surface area contributed by atoms with Gasteiger partial charge in [-0.25, -0.2) is 4.79 Å². The summed E-state index contributed by atoms with van der Waals surface area (Å²) >= 11 is 0. The van der Waals surface area contributed by atoms with Gasteiger partial charge in [0.05, 0.1) is 16.8 Å². The number of carboxylic acid groups (broad SMARTS) is 1. The first-order chi connectivity index (χ1) is 14.9. The molecule has 0 saturated carbocycles. The van der Waals surface area contributed by atoms with Gasteiger partial charge in [-0.15, -0.1) is 0 Å². The third-order valence-electron chi connectivity index (χ3n) is 4.80. The summed E-state index contributed by atoms with van der Waals surface area (Å²) in [4.78, 5) is 60.9. The van der Waals surface area contributed by atoms with Crippen molar-refractivity contribution < 1.29 is 42.3 Å². The Kier molecular flexibility index (Phi) is 7.56. The standard InChI is InChI=1S/C17H20N4O4.C2HF3O2/c1-18-8-9-20(2)11-5-3-4-10-14(11)17(25)21(16(10)24)12-6-7-13(22)19-15(12)23;3-2(4,5)1(6)7/h3-5,12,18H,6-9H2,1-2H3,(H,19,22,23);(H,6,7). The summed E-state index contributed by atoms with van der Waals surface area (Å²) in [7, 11) is 3.68. The highest BCUT2D eigenvalue weighted by Crippen LogP contribution is 2.33. The lowest BCUT2D eigenvalue weighted by Crippen LogP contribution is -2.54. The molecule has 2 heterocycles. The molecule has 1 aromatic rings. The van der Waals surface area contributed by atoms with Crippen LogP contribution in [0.15, 0.2) is 18.2 Å². The molecule has 3 N–H and O–H groups in total. The number of fused-ring (bicyclic) bond motifs is 1. The third-order valence-corrected chi connectivity index (χ3v) is 4.80. The van der Waals surface area contributed by atoms with Gasteiger partial charge < -0.3 is 15.3 Å². The van der Waals surface area contributed by atoms with E-state index < -0.39 is 35.9 Å². The minimum atomic E-state index is -5.08. The zero-order valence-corrected chi connectivity index (χ0v) is 17.2. The number of benzene rings is 1. The molecule has 0 aromatic heterocycles. The number of carbonyl (C=O) groups excluding carboxylic acids is 4. The van der Waals surface area contributed by atoms with Crippen LogP contribution in [0.4, 0.5) is 18.9 Å². The predicted molar refractivity (Wildman–Crippen MR) is 104 cm³/mol. The van der Waals surface area contributed by atoms with Crippen LogP contribution in [0.1, 0.15) is 33.6 Å². The lowest BCUT2D eigenvalue weighted by molar-refractivity contribution is -0.192. The average molecular weight is 458 g/mol. The van der Waals surface area contributed by atoms with Gasteiger partial charge in [0.25, 0.3) is 11.8 Å². The number of amides is 4. The monoisotopic (exact) mass is 458 g/mol. The number of carboxylic acids is 1. The van der Waals surface area contributed by atoms with E-state index in [2.05, 4.69) is 10.6 Å². The van der Waals surface area contributed by atoms with Crippen LogP contribution in [-0.2, 0) is 14.4 Å². The van der Waals surface area contributed by atoms with Crippen LogP contribution in [0, 0.1) is 0 Å². The Morgan fingerprint density at radius 3 is 2.41 bits per heavy atom. The molecule has 2 aliphatic heterocycles. The van der Waals surface area contributed by atoms with Crippen molar-refractivity contribution in [3.05, 3.63) is 29.3 Å². The fourth-order valence-corrected chi connectivity index (χ4v) is 3.22. The van der Waals surface area contributed by atoms with Crippen molar-refractivity contribution in [3.8, 4) is 0 Å². The number of rotatable bonds is 5. The highest BCUT2D eigenvalue weighted by molar-refractivity contribution is 6.25. The first-order valence-electron chi connectivity index (χ1n) is 9.40. The topological polar surface area (TPSA) is 136 Å². The van der Waals surface area contributed by atoms with Gasteiger partial charge in [-0.2, -0.15) is 13.2 Å². The molecule has 2 aliphatic rings. The maximum absolute atomic E-state index is 12.9. The van der Waals surface area contributed by atoms with Crippen LogP contribution < -0.4 is 15.5 Å².